The van der Waals surface area contributed by atoms with Crippen LogP contribution in [0.3, 0.4) is 0 Å². The van der Waals surface area contributed by atoms with Gasteiger partial charge in [-0.3, -0.25) is 4.72 Å². The smallest absolute Gasteiger partial charge is 0.252 e. The first kappa shape index (κ1) is 27.9. The largest absolute Gasteiger partial charge is 0.435 e. The Bertz CT molecular complexity index is 1530. The van der Waals surface area contributed by atoms with Gasteiger partial charge in [-0.05, 0) is 18.2 Å². The van der Waals surface area contributed by atoms with E-state index in [4.69, 9.17) is 4.74 Å². The average Bonchev–Trinajstić information content (AvgIpc) is 3.49. The Morgan fingerprint density at radius 1 is 1.10 bits per heavy atom. The molecule has 2 aliphatic rings. The Morgan fingerprint density at radius 3 is 2.60 bits per heavy atom. The highest BCUT2D eigenvalue weighted by Crippen LogP contribution is 2.49. The van der Waals surface area contributed by atoms with E-state index < -0.39 is 69.1 Å². The lowest BCUT2D eigenvalue weighted by atomic mass is 10.1. The van der Waals surface area contributed by atoms with Crippen LogP contribution in [0.15, 0.2) is 36.7 Å². The molecule has 9 nitrogen and oxygen atoms in total. The predicted octanol–water partition coefficient (Wildman–Crippen LogP) is 4.26. The minimum atomic E-state index is -4.61. The number of ether oxygens (including phenoxy) is 1. The van der Waals surface area contributed by atoms with Crippen LogP contribution >= 0.6 is 0 Å². The molecule has 0 amide bonds. The van der Waals surface area contributed by atoms with Crippen LogP contribution in [0, 0.1) is 23.4 Å². The summed E-state index contributed by atoms with van der Waals surface area (Å²) in [7, 11) is -4.61. The number of alkyl halides is 3. The topological polar surface area (TPSA) is 118 Å². The Balaban J connectivity index is 1.37. The fourth-order valence-corrected chi connectivity index (χ4v) is 5.66. The Kier molecular flexibility index (Phi) is 7.48. The summed E-state index contributed by atoms with van der Waals surface area (Å²) < 4.78 is 115. The van der Waals surface area contributed by atoms with Gasteiger partial charge >= 0.3 is 0 Å². The number of halogens is 6. The van der Waals surface area contributed by atoms with Crippen LogP contribution in [0.2, 0.25) is 0 Å². The molecule has 5 rings (SSSR count). The molecule has 2 fully saturated rings. The molecular weight excluding hydrogens is 566 g/mol. The fourth-order valence-electron chi connectivity index (χ4n) is 4.19. The van der Waals surface area contributed by atoms with Crippen molar-refractivity contribution in [1.82, 2.24) is 20.3 Å². The summed E-state index contributed by atoms with van der Waals surface area (Å²) in [6, 6.07) is 4.60. The Hall–Kier alpha value is -3.66. The molecule has 1 aromatic carbocycles. The molecule has 3 heterocycles. The highest BCUT2D eigenvalue weighted by atomic mass is 32.2. The van der Waals surface area contributed by atoms with Crippen LogP contribution in [-0.4, -0.2) is 60.3 Å². The number of anilines is 2. The van der Waals surface area contributed by atoms with Crippen molar-refractivity contribution < 1.29 is 39.5 Å². The first-order valence-corrected chi connectivity index (χ1v) is 13.7. The van der Waals surface area contributed by atoms with Gasteiger partial charge in [-0.2, -0.15) is 4.39 Å². The number of nitrogens with one attached hydrogen (secondary N) is 3. The van der Waals surface area contributed by atoms with Crippen molar-refractivity contribution in [2.45, 2.75) is 31.0 Å². The maximum Gasteiger partial charge on any atom is 0.252 e. The molecule has 1 aliphatic heterocycles. The average molecular weight is 589 g/mol. The van der Waals surface area contributed by atoms with Gasteiger partial charge in [-0.15, -0.1) is 0 Å². The lowest BCUT2D eigenvalue weighted by Crippen LogP contribution is -2.44. The second-order valence-corrected chi connectivity index (χ2v) is 11.2. The zero-order chi connectivity index (χ0) is 28.7. The predicted molar refractivity (Wildman–Crippen MR) is 132 cm³/mol. The Labute approximate surface area is 224 Å². The minimum absolute atomic E-state index is 0.164. The van der Waals surface area contributed by atoms with Crippen LogP contribution < -0.4 is 20.1 Å². The van der Waals surface area contributed by atoms with Gasteiger partial charge in [0.1, 0.15) is 11.9 Å². The lowest BCUT2D eigenvalue weighted by Gasteiger charge is -2.26. The summed E-state index contributed by atoms with van der Waals surface area (Å²) in [5.41, 5.74) is -0.938. The van der Waals surface area contributed by atoms with E-state index in [1.165, 1.54) is 35.3 Å². The highest BCUT2D eigenvalue weighted by molar-refractivity contribution is 7.92. The molecular formula is C24H22F6N6O3S. The van der Waals surface area contributed by atoms with E-state index in [0.29, 0.717) is 12.6 Å². The van der Waals surface area contributed by atoms with E-state index in [9.17, 15) is 34.8 Å². The van der Waals surface area contributed by atoms with Crippen LogP contribution in [0.25, 0.3) is 11.3 Å². The van der Waals surface area contributed by atoms with Crippen LogP contribution in [0.1, 0.15) is 12.8 Å². The quantitative estimate of drug-likeness (QED) is 0.251. The van der Waals surface area contributed by atoms with Crippen molar-refractivity contribution in [2.24, 2.45) is 5.92 Å². The van der Waals surface area contributed by atoms with Crippen molar-refractivity contribution in [3.63, 3.8) is 0 Å². The van der Waals surface area contributed by atoms with Gasteiger partial charge in [0.2, 0.25) is 27.7 Å². The number of benzene rings is 1. The second-order valence-electron chi connectivity index (χ2n) is 9.46. The Morgan fingerprint density at radius 2 is 1.88 bits per heavy atom. The number of aromatic nitrogens is 3. The number of hydrogen-bond donors (Lipinski definition) is 3. The molecule has 1 aliphatic carbocycles. The van der Waals surface area contributed by atoms with Crippen molar-refractivity contribution >= 4 is 21.7 Å². The maximum atomic E-state index is 14.9. The van der Waals surface area contributed by atoms with E-state index in [1.54, 1.807) is 0 Å². The number of rotatable bonds is 9. The van der Waals surface area contributed by atoms with Gasteiger partial charge in [0, 0.05) is 56.4 Å². The highest BCUT2D eigenvalue weighted by Gasteiger charge is 2.58. The van der Waals surface area contributed by atoms with Gasteiger partial charge in [0.15, 0.2) is 17.4 Å². The van der Waals surface area contributed by atoms with Gasteiger partial charge in [-0.1, -0.05) is 0 Å². The van der Waals surface area contributed by atoms with Gasteiger partial charge in [0.05, 0.1) is 17.0 Å². The molecule has 3 N–H and O–H groups in total. The van der Waals surface area contributed by atoms with Crippen LogP contribution in [0.4, 0.5) is 38.0 Å². The molecule has 0 bridgehead atoms. The summed E-state index contributed by atoms with van der Waals surface area (Å²) in [6.45, 7) is 0.740. The zero-order valence-corrected chi connectivity index (χ0v) is 21.3. The third-order valence-electron chi connectivity index (χ3n) is 6.30. The van der Waals surface area contributed by atoms with E-state index in [0.717, 1.165) is 0 Å². The summed E-state index contributed by atoms with van der Waals surface area (Å²) in [4.78, 5) is 12.4. The molecule has 1 saturated carbocycles. The second kappa shape index (κ2) is 10.7. The van der Waals surface area contributed by atoms with E-state index in [2.05, 4.69) is 25.6 Å². The molecule has 2 aromatic heterocycles. The standard InChI is InChI=1S/C24H22F6N6O3S/c25-13-6-14(10-31-9-13)34-23-33-5-3-17(35-23)15-2-1-4-32-22(15)39-18-7-16(26)21(20(28)19(18)27)36-40(37,38)11-12-8-24(12,29)30/h1-5,7,12-14,31,36H,6,8-11H2,(H,33,34,35)/t12?,13-,14-/m0/s1. The molecule has 40 heavy (non-hydrogen) atoms. The molecule has 214 valence electrons. The number of nitrogens with zero attached hydrogens (tertiary/aromatic N) is 3. The van der Waals surface area contributed by atoms with E-state index in [-0.39, 0.29) is 42.1 Å². The fraction of sp³-hybridized carbons (Fsp3) is 0.375. The van der Waals surface area contributed by atoms with Gasteiger partial charge in [0.25, 0.3) is 5.92 Å². The monoisotopic (exact) mass is 588 g/mol. The number of sulfonamides is 1. The van der Waals surface area contributed by atoms with Crippen LogP contribution in [-0.2, 0) is 10.0 Å². The summed E-state index contributed by atoms with van der Waals surface area (Å²) >= 11 is 0. The van der Waals surface area contributed by atoms with Gasteiger partial charge in [-0.25, -0.2) is 45.3 Å². The number of piperidine rings is 1. The molecule has 0 spiro atoms. The van der Waals surface area contributed by atoms with Crippen LogP contribution in [0.5, 0.6) is 11.6 Å². The molecule has 3 atom stereocenters. The van der Waals surface area contributed by atoms with E-state index in [1.807, 2.05) is 0 Å². The molecule has 0 radical (unpaired) electrons. The molecule has 1 saturated heterocycles. The van der Waals surface area contributed by atoms with E-state index >= 15 is 0 Å². The van der Waals surface area contributed by atoms with Gasteiger partial charge < -0.3 is 15.4 Å². The normalized spacial score (nSPS) is 22.0. The first-order chi connectivity index (χ1) is 18.9. The molecule has 16 heteroatoms. The van der Waals surface area contributed by atoms with Crippen molar-refractivity contribution in [2.75, 3.05) is 28.9 Å². The summed E-state index contributed by atoms with van der Waals surface area (Å²) in [5, 5.41) is 5.96. The SMILES string of the molecule is O=S(=O)(CC1CC1(F)F)Nc1c(F)cc(Oc2ncccc2-c2ccnc(N[C@@H]3CNC[C@@H](F)C3)n2)c(F)c1F. The molecule has 3 aromatic rings. The van der Waals surface area contributed by atoms with Crippen molar-refractivity contribution in [3.05, 3.63) is 54.1 Å². The summed E-state index contributed by atoms with van der Waals surface area (Å²) in [6.07, 6.45) is 1.22. The minimum Gasteiger partial charge on any atom is -0.435 e. The number of hydrogen-bond acceptors (Lipinski definition) is 8. The zero-order valence-electron chi connectivity index (χ0n) is 20.5. The van der Waals surface area contributed by atoms with Crippen molar-refractivity contribution in [1.29, 1.82) is 0 Å². The molecule has 1 unspecified atom stereocenters. The third kappa shape index (κ3) is 6.22. The maximum absolute atomic E-state index is 14.9. The first-order valence-electron chi connectivity index (χ1n) is 12.1. The number of pyridine rings is 1. The lowest BCUT2D eigenvalue weighted by molar-refractivity contribution is 0.103. The third-order valence-corrected chi connectivity index (χ3v) is 7.65. The van der Waals surface area contributed by atoms with Crippen molar-refractivity contribution in [3.8, 4) is 22.9 Å². The summed E-state index contributed by atoms with van der Waals surface area (Å²) in [5.74, 6) is -12.1.